The molecule has 34 valence electrons. The first-order chi connectivity index (χ1) is 1.00. The van der Waals surface area contributed by atoms with Crippen molar-refractivity contribution in [2.75, 3.05) is 0 Å². The van der Waals surface area contributed by atoms with Crippen LogP contribution < -0.4 is 0 Å². The Hall–Kier alpha value is 2.61. The Kier molecular flexibility index (Phi) is 156. The van der Waals surface area contributed by atoms with Crippen molar-refractivity contribution in [3.8, 4) is 0 Å². The van der Waals surface area contributed by atoms with E-state index in [1.165, 1.54) is 0 Å². The van der Waals surface area contributed by atoms with Gasteiger partial charge in [0.1, 0.15) is 0 Å². The minimum atomic E-state index is 0. The van der Waals surface area contributed by atoms with Gasteiger partial charge in [-0.05, 0) is 0 Å². The van der Waals surface area contributed by atoms with Gasteiger partial charge in [-0.25, -0.2) is 0 Å². The van der Waals surface area contributed by atoms with Gasteiger partial charge in [0, 0.05) is 0 Å². The molecule has 0 aromatic heterocycles. The molecule has 0 rings (SSSR count). The Morgan fingerprint density at radius 2 is 1.20 bits per heavy atom. The summed E-state index contributed by atoms with van der Waals surface area (Å²) in [6.45, 7) is 0. The second-order valence-corrected chi connectivity index (χ2v) is 0. The summed E-state index contributed by atoms with van der Waals surface area (Å²) in [6, 6.07) is 0. The predicted octanol–water partition coefficient (Wildman–Crippen LogP) is -4.05. The summed E-state index contributed by atoms with van der Waals surface area (Å²) in [5, 5.41) is 0. The van der Waals surface area contributed by atoms with E-state index in [0.29, 0.717) is 10.1 Å². The zero-order valence-electron chi connectivity index (χ0n) is 3.03. The summed E-state index contributed by atoms with van der Waals surface area (Å²) in [4.78, 5) is 0. The molecule has 2 radical (unpaired) electrons. The summed E-state index contributed by atoms with van der Waals surface area (Å²) in [5.74, 6) is 0. The molecule has 0 aliphatic heterocycles. The monoisotopic (exact) mass is 600 g/mol. The van der Waals surface area contributed by atoms with Crippen LogP contribution in [0.4, 0.5) is 0 Å². The summed E-state index contributed by atoms with van der Waals surface area (Å²) >= 11 is 0. The first-order valence-corrected chi connectivity index (χ1v) is 0.866. The van der Waals surface area contributed by atoms with E-state index in [0.717, 1.165) is 0 Å². The van der Waals surface area contributed by atoms with Crippen LogP contribution in [0.1, 0.15) is 0 Å². The molecule has 0 amide bonds. The van der Waals surface area contributed by atoms with Crippen LogP contribution in [0.3, 0.4) is 0 Å². The van der Waals surface area contributed by atoms with Crippen LogP contribution >= 0.6 is 0 Å². The van der Waals surface area contributed by atoms with Crippen LogP contribution in [0.15, 0.2) is 0 Å². The zero-order chi connectivity index (χ0) is 2.00. The summed E-state index contributed by atoms with van der Waals surface area (Å²) in [5.41, 5.74) is 0. The maximum atomic E-state index is 8.28. The molecular weight excluding hydrogens is 588 g/mol. The minimum absolute atomic E-state index is 0. The van der Waals surface area contributed by atoms with Gasteiger partial charge in [-0.2, -0.15) is 0 Å². The maximum absolute atomic E-state index is 8.28. The molecule has 0 saturated heterocycles. The van der Waals surface area contributed by atoms with Crippen molar-refractivity contribution in [1.82, 2.24) is 0 Å². The molecule has 0 aromatic rings. The molecule has 0 aliphatic rings. The van der Waals surface area contributed by atoms with E-state index in [2.05, 4.69) is 0 Å². The van der Waals surface area contributed by atoms with Crippen LogP contribution in [0.5, 0.6) is 0 Å². The molecule has 0 aromatic carbocycles. The van der Waals surface area contributed by atoms with E-state index in [9.17, 15) is 0 Å². The van der Waals surface area contributed by atoms with Gasteiger partial charge in [0.05, 0.1) is 0 Å². The third-order valence-corrected chi connectivity index (χ3v) is 0. The summed E-state index contributed by atoms with van der Waals surface area (Å²) in [6.07, 6.45) is 0. The second kappa shape index (κ2) is 30.5. The van der Waals surface area contributed by atoms with Crippen molar-refractivity contribution in [2.45, 2.75) is 0 Å². The first-order valence-electron chi connectivity index (χ1n) is 0.289. The quantitative estimate of drug-likeness (QED) is 0.261. The molecule has 0 N–H and O–H groups in total. The Labute approximate surface area is 90.2 Å². The van der Waals surface area contributed by atoms with Gasteiger partial charge in [0.15, 0.2) is 0 Å². The Morgan fingerprint density at radius 1 is 1.20 bits per heavy atom. The fraction of sp³-hybridized carbons (Fsp3) is 0. The fourth-order valence-corrected chi connectivity index (χ4v) is 0. The Morgan fingerprint density at radius 3 is 1.20 bits per heavy atom. The molecule has 5 heavy (non-hydrogen) atoms. The standard InChI is InChI=1S/Bi.H2OSi.Pb.H2Te.5H/c;1-2;;;;;;;/h;2H2;;1H2;;;;;. The van der Waals surface area contributed by atoms with E-state index in [1.807, 2.05) is 0 Å². The first kappa shape index (κ1) is 25.5. The Balaban J connectivity index is -0.00000000167. The van der Waals surface area contributed by atoms with Gasteiger partial charge in [-0.3, -0.25) is 0 Å². The molecule has 0 heterocycles. The van der Waals surface area contributed by atoms with Gasteiger partial charge in [0.2, 0.25) is 10.1 Å². The summed E-state index contributed by atoms with van der Waals surface area (Å²) in [7, 11) is 0.611. The van der Waals surface area contributed by atoms with Gasteiger partial charge in [-0.15, -0.1) is 0 Å². The van der Waals surface area contributed by atoms with Crippen molar-refractivity contribution in [2.24, 2.45) is 0 Å². The van der Waals surface area contributed by atoms with E-state index in [-0.39, 0.29) is 77.2 Å². The molecule has 0 saturated carbocycles. The molecular formula is H9BiOPbSiTe. The van der Waals surface area contributed by atoms with Gasteiger partial charge < -0.3 is 4.46 Å². The van der Waals surface area contributed by atoms with Crippen molar-refractivity contribution >= 4 is 87.3 Å². The van der Waals surface area contributed by atoms with E-state index >= 15 is 0 Å². The molecule has 0 unspecified atom stereocenters. The molecule has 0 aliphatic carbocycles. The van der Waals surface area contributed by atoms with Crippen LogP contribution in [-0.2, 0) is 4.46 Å². The van der Waals surface area contributed by atoms with E-state index < -0.39 is 0 Å². The zero-order valence-corrected chi connectivity index (χ0v) is 18.3. The third kappa shape index (κ3) is 20.6. The van der Waals surface area contributed by atoms with Gasteiger partial charge in [-0.1, -0.05) is 0 Å². The van der Waals surface area contributed by atoms with Gasteiger partial charge >= 0.3 is 77.2 Å². The van der Waals surface area contributed by atoms with Crippen LogP contribution in [0, 0.1) is 0 Å². The van der Waals surface area contributed by atoms with E-state index in [1.54, 1.807) is 0 Å². The van der Waals surface area contributed by atoms with Crippen LogP contribution in [0.25, 0.3) is 0 Å². The third-order valence-electron chi connectivity index (χ3n) is 0. The predicted molar refractivity (Wildman–Crippen MR) is 36.3 cm³/mol. The molecule has 5 heteroatoms. The molecule has 1 nitrogen and oxygen atoms in total. The fourth-order valence-electron chi connectivity index (χ4n) is 0. The van der Waals surface area contributed by atoms with Crippen molar-refractivity contribution in [1.29, 1.82) is 0 Å². The molecule has 0 bridgehead atoms. The number of rotatable bonds is 0. The number of hydrogen-bond donors (Lipinski definition) is 0. The number of hydrogen-bond acceptors (Lipinski definition) is 1. The topological polar surface area (TPSA) is 17.1 Å². The van der Waals surface area contributed by atoms with Crippen molar-refractivity contribution in [3.63, 3.8) is 0 Å². The SMILES string of the molecule is O=[SiH2].[BiH3].[PbH2].[TeH2]. The van der Waals surface area contributed by atoms with Crippen LogP contribution in [0.2, 0.25) is 0 Å². The molecule has 0 fully saturated rings. The normalized spacial score (nSPS) is 0.800. The second-order valence-electron chi connectivity index (χ2n) is 0. The van der Waals surface area contributed by atoms with Gasteiger partial charge in [0.25, 0.3) is 0 Å². The van der Waals surface area contributed by atoms with Crippen molar-refractivity contribution < 1.29 is 4.46 Å². The average Bonchev–Trinajstić information content (AvgIpc) is 1.00. The average molecular weight is 597 g/mol. The van der Waals surface area contributed by atoms with Crippen LogP contribution in [-0.4, -0.2) is 87.3 Å². The molecule has 0 atom stereocenters. The van der Waals surface area contributed by atoms with E-state index in [4.69, 9.17) is 4.46 Å². The van der Waals surface area contributed by atoms with Crippen molar-refractivity contribution in [3.05, 3.63) is 0 Å². The molecule has 0 spiro atoms. The summed E-state index contributed by atoms with van der Waals surface area (Å²) < 4.78 is 8.28. The Bertz CT molecular complexity index is 11.6.